The van der Waals surface area contributed by atoms with Gasteiger partial charge in [0.25, 0.3) is 0 Å². The summed E-state index contributed by atoms with van der Waals surface area (Å²) in [6, 6.07) is 0. The Morgan fingerprint density at radius 3 is 2.35 bits per heavy atom. The van der Waals surface area contributed by atoms with Gasteiger partial charge in [-0.25, -0.2) is 4.98 Å². The molecular weight excluding hydrogens is 472 g/mol. The lowest BCUT2D eigenvalue weighted by molar-refractivity contribution is -0.350. The van der Waals surface area contributed by atoms with Crippen LogP contribution in [-0.4, -0.2) is 38.4 Å². The van der Waals surface area contributed by atoms with Gasteiger partial charge in [0, 0.05) is 5.97 Å². The Kier molecular flexibility index (Phi) is 7.91. The van der Waals surface area contributed by atoms with Crippen molar-refractivity contribution >= 4 is 23.8 Å². The molecule has 10 atom stereocenters. The van der Waals surface area contributed by atoms with Crippen LogP contribution in [0.5, 0.6) is 0 Å². The van der Waals surface area contributed by atoms with Crippen LogP contribution in [0.25, 0.3) is 0 Å². The molecule has 1 heterocycles. The first-order valence-electron chi connectivity index (χ1n) is 14.0. The maximum atomic E-state index is 11.5. The third-order valence-electron chi connectivity index (χ3n) is 11.0. The fourth-order valence-electron chi connectivity index (χ4n) is 9.17. The highest BCUT2D eigenvalue weighted by atomic mass is 16.4. The molecule has 4 aliphatic carbocycles. The summed E-state index contributed by atoms with van der Waals surface area (Å²) in [5.41, 5.74) is 15.7. The van der Waals surface area contributed by atoms with E-state index in [1.54, 1.807) is 0 Å². The molecule has 0 amide bonds. The molecule has 5 rings (SSSR count). The lowest BCUT2D eigenvalue weighted by Crippen LogP contribution is -2.58. The molecule has 0 saturated heterocycles. The number of aliphatic hydroxyl groups is 2. The number of hydrogen-bond donors (Lipinski definition) is 5. The standard InChI is InChI=1S/C24H40O4.C3H6N6/c1-14(4-9-22(27)28)18-7-8-19-17-6-5-15-12-16(25)10-11-23(15,2)20(17)13-21(26)24(18,19)3;4-1-7-2(5)9-3(6)8-1/h14-21,25-26H,4-13H2,1-3H3,(H,27,28);(H6,4,5,6,7,8,9)/t14-,15-,16-,17+,18-,19+,20+,21+,23+,24-;/m1./s1. The summed E-state index contributed by atoms with van der Waals surface area (Å²) in [4.78, 5) is 20.5. The Morgan fingerprint density at radius 2 is 1.73 bits per heavy atom. The van der Waals surface area contributed by atoms with Gasteiger partial charge in [-0.1, -0.05) is 30.7 Å². The third kappa shape index (κ3) is 5.24. The second-order valence-corrected chi connectivity index (χ2v) is 12.8. The maximum Gasteiger partial charge on any atom is 0.320 e. The number of anilines is 3. The predicted molar refractivity (Wildman–Crippen MR) is 138 cm³/mol. The van der Waals surface area contributed by atoms with Crippen LogP contribution in [-0.2, 0) is 4.79 Å². The summed E-state index contributed by atoms with van der Waals surface area (Å²) in [6.45, 7) is 6.94. The van der Waals surface area contributed by atoms with E-state index < -0.39 is 5.97 Å². The number of carbonyl (C=O) groups excluding carboxylic acids is 1. The summed E-state index contributed by atoms with van der Waals surface area (Å²) in [5, 5.41) is 32.6. The van der Waals surface area contributed by atoms with E-state index >= 15 is 0 Å². The number of aliphatic hydroxyl groups excluding tert-OH is 2. The molecule has 0 bridgehead atoms. The van der Waals surface area contributed by atoms with Gasteiger partial charge in [0.05, 0.1) is 12.2 Å². The number of nitrogens with one attached hydrogen (secondary N) is 1. The quantitative estimate of drug-likeness (QED) is 0.388. The molecule has 10 nitrogen and oxygen atoms in total. The Hall–Kier alpha value is -2.20. The Morgan fingerprint density at radius 1 is 1.05 bits per heavy atom. The minimum atomic E-state index is -0.957. The number of carboxylic acid groups (broad SMARTS) is 1. The second-order valence-electron chi connectivity index (χ2n) is 12.8. The van der Waals surface area contributed by atoms with Gasteiger partial charge in [-0.05, 0) is 111 Å². The number of H-pyrrole nitrogens is 1. The van der Waals surface area contributed by atoms with E-state index in [0.29, 0.717) is 41.9 Å². The van der Waals surface area contributed by atoms with Gasteiger partial charge in [0.15, 0.2) is 0 Å². The topological polar surface area (TPSA) is 199 Å². The van der Waals surface area contributed by atoms with Crippen LogP contribution in [0.1, 0.15) is 85.0 Å². The molecule has 0 radical (unpaired) electrons. The minimum Gasteiger partial charge on any atom is -0.550 e. The van der Waals surface area contributed by atoms with Crippen molar-refractivity contribution in [1.29, 1.82) is 0 Å². The van der Waals surface area contributed by atoms with Crippen LogP contribution in [0, 0.1) is 46.3 Å². The third-order valence-corrected chi connectivity index (χ3v) is 11.0. The van der Waals surface area contributed by atoms with Crippen molar-refractivity contribution < 1.29 is 25.1 Å². The molecule has 0 unspecified atom stereocenters. The molecule has 0 spiro atoms. The van der Waals surface area contributed by atoms with E-state index in [0.717, 1.165) is 32.1 Å². The zero-order valence-electron chi connectivity index (χ0n) is 22.5. The number of aliphatic carboxylic acids is 1. The average Bonchev–Trinajstić information content (AvgIpc) is 3.17. The Labute approximate surface area is 219 Å². The van der Waals surface area contributed by atoms with Crippen molar-refractivity contribution in [2.24, 2.45) is 46.3 Å². The molecule has 4 aliphatic rings. The number of fused-ring (bicyclic) bond motifs is 5. The SMILES string of the molecule is C[C@H](CCC(=O)[O-])[C@H]1CC[C@H]2[C@@H]3CC[C@@H]4C[C@H](O)CC[C@]4(C)[C@H]3C[C@H](O)[C@]12C.Nc1nc(N)[nH+]c(N)n1. The molecular formula is C27H46N6O4. The van der Waals surface area contributed by atoms with Crippen LogP contribution in [0.15, 0.2) is 0 Å². The van der Waals surface area contributed by atoms with E-state index in [4.69, 9.17) is 17.2 Å². The summed E-state index contributed by atoms with van der Waals surface area (Å²) >= 11 is 0. The van der Waals surface area contributed by atoms with Crippen LogP contribution in [0.3, 0.4) is 0 Å². The van der Waals surface area contributed by atoms with E-state index in [2.05, 4.69) is 35.7 Å². The first kappa shape index (κ1) is 27.8. The number of hydrogen-bond acceptors (Lipinski definition) is 9. The number of nitrogens with zero attached hydrogens (tertiary/aromatic N) is 2. The minimum absolute atomic E-state index is 0.0729. The van der Waals surface area contributed by atoms with Crippen molar-refractivity contribution in [2.75, 3.05) is 17.2 Å². The normalized spacial score (nSPS) is 41.4. The first-order chi connectivity index (χ1) is 17.4. The van der Waals surface area contributed by atoms with Crippen molar-refractivity contribution in [2.45, 2.75) is 97.2 Å². The zero-order chi connectivity index (χ0) is 27.1. The van der Waals surface area contributed by atoms with Gasteiger partial charge in [-0.2, -0.15) is 0 Å². The fraction of sp³-hybridized carbons (Fsp3) is 0.852. The van der Waals surface area contributed by atoms with Gasteiger partial charge in [0.2, 0.25) is 0 Å². The van der Waals surface area contributed by atoms with Crippen LogP contribution in [0.2, 0.25) is 0 Å². The summed E-state index contributed by atoms with van der Waals surface area (Å²) in [7, 11) is 0. The van der Waals surface area contributed by atoms with Crippen molar-refractivity contribution in [3.63, 3.8) is 0 Å². The van der Waals surface area contributed by atoms with E-state index in [9.17, 15) is 20.1 Å². The van der Waals surface area contributed by atoms with Crippen LogP contribution >= 0.6 is 0 Å². The molecule has 4 saturated carbocycles. The highest BCUT2D eigenvalue weighted by Crippen LogP contribution is 2.68. The smallest absolute Gasteiger partial charge is 0.320 e. The number of nitrogens with two attached hydrogens (primary N) is 3. The molecule has 0 aliphatic heterocycles. The van der Waals surface area contributed by atoms with Crippen molar-refractivity contribution in [1.82, 2.24) is 9.97 Å². The summed E-state index contributed by atoms with van der Waals surface area (Å²) in [5.74, 6) is 2.59. The van der Waals surface area contributed by atoms with Gasteiger partial charge in [0.1, 0.15) is 0 Å². The van der Waals surface area contributed by atoms with Gasteiger partial charge < -0.3 is 37.3 Å². The predicted octanol–water partition coefficient (Wildman–Crippen LogP) is 1.18. The summed E-state index contributed by atoms with van der Waals surface area (Å²) < 4.78 is 0. The second kappa shape index (κ2) is 10.5. The largest absolute Gasteiger partial charge is 0.550 e. The molecule has 9 N–H and O–H groups in total. The monoisotopic (exact) mass is 518 g/mol. The molecule has 0 aromatic carbocycles. The molecule has 4 fully saturated rings. The molecule has 1 aromatic heterocycles. The van der Waals surface area contributed by atoms with Gasteiger partial charge in [-0.3, -0.25) is 0 Å². The number of carboxylic acids is 1. The lowest BCUT2D eigenvalue weighted by atomic mass is 9.43. The summed E-state index contributed by atoms with van der Waals surface area (Å²) in [6.07, 6.45) is 8.98. The molecule has 1 aromatic rings. The highest BCUT2D eigenvalue weighted by molar-refractivity contribution is 5.64. The number of nitrogen functional groups attached to an aromatic ring is 3. The average molecular weight is 519 g/mol. The van der Waals surface area contributed by atoms with E-state index in [1.807, 2.05) is 0 Å². The molecule has 208 valence electrons. The van der Waals surface area contributed by atoms with E-state index in [-0.39, 0.29) is 47.3 Å². The lowest BCUT2D eigenvalue weighted by Gasteiger charge is -2.62. The fourth-order valence-corrected chi connectivity index (χ4v) is 9.17. The number of rotatable bonds is 4. The van der Waals surface area contributed by atoms with Crippen molar-refractivity contribution in [3.05, 3.63) is 0 Å². The molecule has 10 heteroatoms. The van der Waals surface area contributed by atoms with Crippen molar-refractivity contribution in [3.8, 4) is 0 Å². The highest BCUT2D eigenvalue weighted by Gasteiger charge is 2.63. The molecule has 37 heavy (non-hydrogen) atoms. The number of carbonyl (C=O) groups is 1. The zero-order valence-corrected chi connectivity index (χ0v) is 22.5. The Balaban J connectivity index is 0.000000301. The van der Waals surface area contributed by atoms with Crippen LogP contribution in [0.4, 0.5) is 17.8 Å². The number of aromatic amines is 1. The maximum absolute atomic E-state index is 11.5. The first-order valence-corrected chi connectivity index (χ1v) is 14.0. The van der Waals surface area contributed by atoms with Crippen LogP contribution < -0.4 is 27.3 Å². The van der Waals surface area contributed by atoms with Gasteiger partial charge in [-0.15, -0.1) is 0 Å². The number of aromatic nitrogens is 3. The Bertz CT molecular complexity index is 930. The van der Waals surface area contributed by atoms with E-state index in [1.165, 1.54) is 19.3 Å². The van der Waals surface area contributed by atoms with Gasteiger partial charge >= 0.3 is 17.8 Å².